The van der Waals surface area contributed by atoms with Gasteiger partial charge in [-0.15, -0.1) is 49.6 Å². The molecular weight excluding hydrogens is 915 g/mol. The lowest BCUT2D eigenvalue weighted by molar-refractivity contribution is -0.148. The Morgan fingerprint density at radius 1 is 0.633 bits per heavy atom. The first-order valence-electron chi connectivity index (χ1n) is 18.8. The summed E-state index contributed by atoms with van der Waals surface area (Å²) in [4.78, 5) is 27.7. The zero-order valence-electron chi connectivity index (χ0n) is 33.2. The second-order valence-electron chi connectivity index (χ2n) is 15.3. The number of nitrogens with two attached hydrogens (primary N) is 2. The van der Waals surface area contributed by atoms with E-state index in [0.29, 0.717) is 97.3 Å². The summed E-state index contributed by atoms with van der Waals surface area (Å²) < 4.78 is 21.5. The number of hydrogen-bond acceptors (Lipinski definition) is 14. The maximum Gasteiger partial charge on any atom is 0.451 e. The molecule has 10 N–H and O–H groups in total. The molecule has 2 aromatic carbocycles. The van der Waals surface area contributed by atoms with Gasteiger partial charge in [0, 0.05) is 50.4 Å². The molecule has 24 heteroatoms. The molecule has 4 aliphatic rings. The van der Waals surface area contributed by atoms with Crippen molar-refractivity contribution in [2.75, 3.05) is 37.5 Å². The summed E-state index contributed by atoms with van der Waals surface area (Å²) in [5.74, 6) is 0.211. The molecule has 0 radical (unpaired) electrons. The summed E-state index contributed by atoms with van der Waals surface area (Å²) >= 11 is 12.8. The first-order valence-corrected chi connectivity index (χ1v) is 19.6. The Balaban J connectivity index is 0.000000562. The van der Waals surface area contributed by atoms with Gasteiger partial charge in [0.25, 0.3) is 0 Å². The summed E-state index contributed by atoms with van der Waals surface area (Å²) in [6.07, 6.45) is 5.74. The van der Waals surface area contributed by atoms with Gasteiger partial charge in [0.1, 0.15) is 11.1 Å². The number of aliphatic carboxylic acids is 2. The van der Waals surface area contributed by atoms with Crippen LogP contribution in [0.3, 0.4) is 0 Å². The molecule has 2 atom stereocenters. The van der Waals surface area contributed by atoms with Gasteiger partial charge in [0.05, 0.1) is 21.4 Å². The first-order chi connectivity index (χ1) is 26.4. The number of anilines is 2. The SMILES string of the molecule is CN(c1cc2c(cc1Cl)OCO2)C1CC(C(N)(CCCCB(O)O)C(=O)O)C1.CN(c1cc2c(cc1Cl)OCO2)[C@H]1C[C@@H](C(N)(CCCCB(O)O)C(=O)O)C1.Cl.Cl.Cl.Cl. The number of halogens is 6. The Bertz CT molecular complexity index is 1600. The van der Waals surface area contributed by atoms with Crippen molar-refractivity contribution in [3.8, 4) is 23.0 Å². The van der Waals surface area contributed by atoms with Gasteiger partial charge in [-0.05, 0) is 63.0 Å². The number of carboxylic acid groups (broad SMARTS) is 2. The maximum absolute atomic E-state index is 11.8. The minimum absolute atomic E-state index is 0. The predicted octanol–water partition coefficient (Wildman–Crippen LogP) is 5.10. The summed E-state index contributed by atoms with van der Waals surface area (Å²) in [5, 5.41) is 56.1. The van der Waals surface area contributed by atoms with E-state index >= 15 is 0 Å². The Morgan fingerprint density at radius 2 is 0.933 bits per heavy atom. The summed E-state index contributed by atoms with van der Waals surface area (Å²) in [5.41, 5.74) is 11.5. The minimum atomic E-state index is -1.37. The Morgan fingerprint density at radius 3 is 1.22 bits per heavy atom. The largest absolute Gasteiger partial charge is 0.480 e. The molecule has 340 valence electrons. The third-order valence-corrected chi connectivity index (χ3v) is 12.4. The van der Waals surface area contributed by atoms with E-state index in [9.17, 15) is 19.8 Å². The Labute approximate surface area is 385 Å². The standard InChI is InChI=1S/2C18H26BClN2O6.4ClH/c2*1-22(14-9-16-15(8-13(14)20)27-10-28-16)12-6-11(7-12)18(21,17(23)24)4-2-3-5-19(25)26;;;;/h2*8-9,11-12,25-26H,2-7,10,21H2,1H3,(H,23,24);4*1H/t11-,12+,18?;;;;;. The lowest BCUT2D eigenvalue weighted by Gasteiger charge is -2.48. The molecule has 0 amide bonds. The van der Waals surface area contributed by atoms with Crippen molar-refractivity contribution in [2.24, 2.45) is 23.3 Å². The van der Waals surface area contributed by atoms with E-state index in [1.807, 2.05) is 36.0 Å². The zero-order chi connectivity index (χ0) is 40.9. The third-order valence-electron chi connectivity index (χ3n) is 11.8. The molecule has 0 bridgehead atoms. The monoisotopic (exact) mass is 968 g/mol. The number of nitrogens with zero attached hydrogens (tertiary/aromatic N) is 2. The summed E-state index contributed by atoms with van der Waals surface area (Å²) in [6.45, 7) is 0.345. The van der Waals surface area contributed by atoms with E-state index in [1.54, 1.807) is 12.1 Å². The van der Waals surface area contributed by atoms with E-state index in [-0.39, 0.29) is 99.8 Å². The van der Waals surface area contributed by atoms with Crippen LogP contribution in [-0.4, -0.2) is 107 Å². The molecular formula is C36H56B2Cl6N4O12. The van der Waals surface area contributed by atoms with Gasteiger partial charge in [-0.1, -0.05) is 48.9 Å². The fourth-order valence-electron chi connectivity index (χ4n) is 7.86. The molecule has 0 spiro atoms. The topological polar surface area (TPSA) is 251 Å². The molecule has 0 aromatic heterocycles. The molecule has 2 aliphatic carbocycles. The smallest absolute Gasteiger partial charge is 0.451 e. The third kappa shape index (κ3) is 12.9. The minimum Gasteiger partial charge on any atom is -0.480 e. The Hall–Kier alpha value is -2.19. The van der Waals surface area contributed by atoms with Gasteiger partial charge in [-0.3, -0.25) is 9.59 Å². The first kappa shape index (κ1) is 55.8. The molecule has 6 rings (SSSR count). The Kier molecular flexibility index (Phi) is 22.4. The van der Waals surface area contributed by atoms with Gasteiger partial charge < -0.3 is 70.5 Å². The van der Waals surface area contributed by atoms with Crippen LogP contribution in [-0.2, 0) is 9.59 Å². The van der Waals surface area contributed by atoms with E-state index < -0.39 is 37.3 Å². The average Bonchev–Trinajstić information content (AvgIpc) is 3.75. The van der Waals surface area contributed by atoms with E-state index in [2.05, 4.69) is 0 Å². The van der Waals surface area contributed by atoms with Crippen molar-refractivity contribution in [3.05, 3.63) is 34.3 Å². The van der Waals surface area contributed by atoms with Gasteiger partial charge in [0.15, 0.2) is 23.0 Å². The van der Waals surface area contributed by atoms with Crippen LogP contribution in [0, 0.1) is 11.8 Å². The van der Waals surface area contributed by atoms with Crippen molar-refractivity contribution in [2.45, 2.75) is 100 Å². The van der Waals surface area contributed by atoms with Crippen LogP contribution in [0.25, 0.3) is 0 Å². The van der Waals surface area contributed by atoms with Gasteiger partial charge in [0.2, 0.25) is 13.6 Å². The number of unbranched alkanes of at least 4 members (excludes halogenated alkanes) is 2. The van der Waals surface area contributed by atoms with Crippen LogP contribution < -0.4 is 40.2 Å². The molecule has 0 saturated heterocycles. The number of fused-ring (bicyclic) bond motifs is 2. The van der Waals surface area contributed by atoms with Crippen LogP contribution in [0.15, 0.2) is 24.3 Å². The lowest BCUT2D eigenvalue weighted by Crippen LogP contribution is -2.61. The molecule has 2 aromatic rings. The molecule has 60 heavy (non-hydrogen) atoms. The highest BCUT2D eigenvalue weighted by Crippen LogP contribution is 2.47. The quantitative estimate of drug-likeness (QED) is 0.0715. The van der Waals surface area contributed by atoms with Crippen LogP contribution >= 0.6 is 72.8 Å². The van der Waals surface area contributed by atoms with Crippen molar-refractivity contribution in [1.82, 2.24) is 0 Å². The van der Waals surface area contributed by atoms with Crippen molar-refractivity contribution in [1.29, 1.82) is 0 Å². The second-order valence-corrected chi connectivity index (χ2v) is 16.1. The number of hydrogen-bond donors (Lipinski definition) is 8. The van der Waals surface area contributed by atoms with Crippen LogP contribution in [0.4, 0.5) is 11.4 Å². The van der Waals surface area contributed by atoms with Crippen molar-refractivity contribution in [3.63, 3.8) is 0 Å². The maximum atomic E-state index is 11.8. The zero-order valence-corrected chi connectivity index (χ0v) is 38.0. The average molecular weight is 971 g/mol. The van der Waals surface area contributed by atoms with E-state index in [1.165, 1.54) is 0 Å². The number of ether oxygens (including phenoxy) is 4. The summed E-state index contributed by atoms with van der Waals surface area (Å²) in [7, 11) is 1.10. The van der Waals surface area contributed by atoms with Gasteiger partial charge in [-0.2, -0.15) is 0 Å². The van der Waals surface area contributed by atoms with E-state index in [0.717, 1.165) is 11.4 Å². The molecule has 2 fully saturated rings. The van der Waals surface area contributed by atoms with Crippen LogP contribution in [0.2, 0.25) is 22.7 Å². The molecule has 2 unspecified atom stereocenters. The number of carboxylic acids is 2. The van der Waals surface area contributed by atoms with Gasteiger partial charge in [-0.25, -0.2) is 0 Å². The summed E-state index contributed by atoms with van der Waals surface area (Å²) in [6, 6.07) is 7.39. The highest BCUT2D eigenvalue weighted by molar-refractivity contribution is 6.41. The van der Waals surface area contributed by atoms with Crippen molar-refractivity contribution >= 4 is 110 Å². The normalized spacial score (nSPS) is 20.8. The van der Waals surface area contributed by atoms with Crippen LogP contribution in [0.1, 0.15) is 64.2 Å². The molecule has 2 heterocycles. The molecule has 16 nitrogen and oxygen atoms in total. The molecule has 2 saturated carbocycles. The van der Waals surface area contributed by atoms with Crippen molar-refractivity contribution < 1.29 is 58.8 Å². The molecule has 2 aliphatic heterocycles. The van der Waals surface area contributed by atoms with E-state index in [4.69, 9.17) is 73.7 Å². The lowest BCUT2D eigenvalue weighted by atomic mass is 9.65. The fourth-order valence-corrected chi connectivity index (χ4v) is 8.43. The second kappa shape index (κ2) is 24.0. The highest BCUT2D eigenvalue weighted by Gasteiger charge is 2.50. The number of rotatable bonds is 18. The highest BCUT2D eigenvalue weighted by atomic mass is 35.5. The fraction of sp³-hybridized carbons (Fsp3) is 0.611. The van der Waals surface area contributed by atoms with Gasteiger partial charge >= 0.3 is 26.2 Å². The predicted molar refractivity (Wildman–Crippen MR) is 241 cm³/mol. The number of carbonyl (C=O) groups is 2. The van der Waals surface area contributed by atoms with Crippen LogP contribution in [0.5, 0.6) is 23.0 Å². The number of benzene rings is 2.